The van der Waals surface area contributed by atoms with Crippen molar-refractivity contribution < 1.29 is 14.7 Å². The fraction of sp³-hybridized carbons (Fsp3) is 0.500. The first-order valence-electron chi connectivity index (χ1n) is 5.23. The lowest BCUT2D eigenvalue weighted by atomic mass is 10.2. The second kappa shape index (κ2) is 6.19. The summed E-state index contributed by atoms with van der Waals surface area (Å²) in [5.74, 6) is -1.32. The molecule has 0 unspecified atom stereocenters. The van der Waals surface area contributed by atoms with Gasteiger partial charge in [0.05, 0.1) is 0 Å². The zero-order valence-electron chi connectivity index (χ0n) is 9.52. The number of nitrogens with zero attached hydrogens (tertiary/aromatic N) is 1. The third-order valence-corrected chi connectivity index (χ3v) is 3.05. The average molecular weight is 257 g/mol. The Morgan fingerprint density at radius 1 is 1.47 bits per heavy atom. The molecule has 0 aliphatic rings. The molecule has 0 radical (unpaired) electrons. The van der Waals surface area contributed by atoms with Gasteiger partial charge in [0.15, 0.2) is 10.8 Å². The van der Waals surface area contributed by atoms with Gasteiger partial charge >= 0.3 is 5.97 Å². The lowest BCUT2D eigenvalue weighted by Crippen LogP contribution is -2.10. The molecule has 4 N–H and O–H groups in total. The van der Waals surface area contributed by atoms with Crippen molar-refractivity contribution in [2.45, 2.75) is 26.2 Å². The van der Waals surface area contributed by atoms with Gasteiger partial charge in [-0.15, -0.1) is 11.3 Å². The molecular weight excluding hydrogens is 242 g/mol. The van der Waals surface area contributed by atoms with E-state index < -0.39 is 5.97 Å². The number of carboxylic acids is 1. The lowest BCUT2D eigenvalue weighted by Gasteiger charge is -2.00. The summed E-state index contributed by atoms with van der Waals surface area (Å²) >= 11 is 1.31. The van der Waals surface area contributed by atoms with Crippen LogP contribution in [0.1, 0.15) is 34.6 Å². The minimum absolute atomic E-state index is 0.0923. The molecule has 94 valence electrons. The minimum atomic E-state index is -1.01. The summed E-state index contributed by atoms with van der Waals surface area (Å²) in [5, 5.41) is 12.4. The average Bonchev–Trinajstić information content (AvgIpc) is 2.59. The molecule has 0 aliphatic heterocycles. The Morgan fingerprint density at radius 3 is 2.71 bits per heavy atom. The van der Waals surface area contributed by atoms with Gasteiger partial charge in [-0.05, 0) is 19.8 Å². The fourth-order valence-electron chi connectivity index (χ4n) is 1.29. The van der Waals surface area contributed by atoms with Gasteiger partial charge in [0.2, 0.25) is 5.91 Å². The number of carboxylic acid groups (broad SMARTS) is 1. The van der Waals surface area contributed by atoms with E-state index in [9.17, 15) is 9.59 Å². The fourth-order valence-corrected chi connectivity index (χ4v) is 2.12. The van der Waals surface area contributed by atoms with E-state index >= 15 is 0 Å². The molecule has 17 heavy (non-hydrogen) atoms. The number of amides is 1. The highest BCUT2D eigenvalue weighted by Crippen LogP contribution is 2.21. The summed E-state index contributed by atoms with van der Waals surface area (Å²) in [5.41, 5.74) is 5.10. The van der Waals surface area contributed by atoms with Gasteiger partial charge in [-0.25, -0.2) is 9.78 Å². The maximum absolute atomic E-state index is 10.8. The van der Waals surface area contributed by atoms with Crippen LogP contribution >= 0.6 is 11.3 Å². The summed E-state index contributed by atoms with van der Waals surface area (Å²) < 4.78 is 0. The second-order valence-electron chi connectivity index (χ2n) is 3.58. The van der Waals surface area contributed by atoms with Crippen LogP contribution in [0, 0.1) is 6.92 Å². The summed E-state index contributed by atoms with van der Waals surface area (Å²) in [6.07, 6.45) is 1.89. The number of primary amides is 1. The number of nitrogens with two attached hydrogens (primary N) is 1. The monoisotopic (exact) mass is 257 g/mol. The summed E-state index contributed by atoms with van der Waals surface area (Å²) in [6.45, 7) is 2.37. The van der Waals surface area contributed by atoms with Crippen LogP contribution in [0.3, 0.4) is 0 Å². The van der Waals surface area contributed by atoms with Crippen molar-refractivity contribution in [2.24, 2.45) is 5.73 Å². The predicted octanol–water partition coefficient (Wildman–Crippen LogP) is 1.22. The molecule has 7 heteroatoms. The van der Waals surface area contributed by atoms with Crippen molar-refractivity contribution in [1.29, 1.82) is 0 Å². The van der Waals surface area contributed by atoms with Gasteiger partial charge in [0.1, 0.15) is 0 Å². The highest BCUT2D eigenvalue weighted by Gasteiger charge is 2.13. The largest absolute Gasteiger partial charge is 0.476 e. The number of carbonyl (C=O) groups is 2. The van der Waals surface area contributed by atoms with Gasteiger partial charge in [-0.2, -0.15) is 0 Å². The molecule has 0 bridgehead atoms. The molecule has 0 aliphatic carbocycles. The van der Waals surface area contributed by atoms with Gasteiger partial charge in [-0.1, -0.05) is 0 Å². The molecule has 0 atom stereocenters. The van der Waals surface area contributed by atoms with Crippen molar-refractivity contribution in [3.8, 4) is 0 Å². The molecule has 1 heterocycles. The van der Waals surface area contributed by atoms with E-state index in [1.807, 2.05) is 0 Å². The minimum Gasteiger partial charge on any atom is -0.476 e. The molecule has 0 saturated carbocycles. The quantitative estimate of drug-likeness (QED) is 0.637. The van der Waals surface area contributed by atoms with Crippen LogP contribution in [-0.4, -0.2) is 28.5 Å². The standard InChI is InChI=1S/C10H15N3O3S/c1-6-8(9(15)16)13-10(17-6)12-5-3-2-4-7(11)14/h2-5H2,1H3,(H2,11,14)(H,12,13)(H,15,16). The van der Waals surface area contributed by atoms with Crippen molar-refractivity contribution >= 4 is 28.3 Å². The summed E-state index contributed by atoms with van der Waals surface area (Å²) in [4.78, 5) is 25.9. The van der Waals surface area contributed by atoms with Crippen LogP contribution in [0.25, 0.3) is 0 Å². The molecule has 0 fully saturated rings. The van der Waals surface area contributed by atoms with Crippen LogP contribution in [0.4, 0.5) is 5.13 Å². The molecule has 1 aromatic rings. The van der Waals surface area contributed by atoms with E-state index in [2.05, 4.69) is 10.3 Å². The Balaban J connectivity index is 2.35. The van der Waals surface area contributed by atoms with Crippen LogP contribution in [0.2, 0.25) is 0 Å². The molecular formula is C10H15N3O3S. The Bertz CT molecular complexity index is 417. The third kappa shape index (κ3) is 4.39. The number of aryl methyl sites for hydroxylation is 1. The topological polar surface area (TPSA) is 105 Å². The molecule has 0 spiro atoms. The maximum Gasteiger partial charge on any atom is 0.355 e. The highest BCUT2D eigenvalue weighted by atomic mass is 32.1. The first kappa shape index (κ1) is 13.4. The number of hydrogen-bond acceptors (Lipinski definition) is 5. The Labute approximate surface area is 103 Å². The predicted molar refractivity (Wildman–Crippen MR) is 65.3 cm³/mol. The van der Waals surface area contributed by atoms with Crippen LogP contribution < -0.4 is 11.1 Å². The summed E-state index contributed by atoms with van der Waals surface area (Å²) in [7, 11) is 0. The zero-order chi connectivity index (χ0) is 12.8. The number of aromatic nitrogens is 1. The van der Waals surface area contributed by atoms with Crippen molar-refractivity contribution in [1.82, 2.24) is 4.98 Å². The van der Waals surface area contributed by atoms with E-state index in [0.717, 1.165) is 12.8 Å². The van der Waals surface area contributed by atoms with Crippen molar-refractivity contribution in [3.05, 3.63) is 10.6 Å². The highest BCUT2D eigenvalue weighted by molar-refractivity contribution is 7.15. The molecule has 1 amide bonds. The number of rotatable bonds is 7. The summed E-state index contributed by atoms with van der Waals surface area (Å²) in [6, 6.07) is 0. The Kier molecular flexibility index (Phi) is 4.89. The van der Waals surface area contributed by atoms with Crippen LogP contribution in [0.15, 0.2) is 0 Å². The van der Waals surface area contributed by atoms with E-state index in [1.165, 1.54) is 11.3 Å². The van der Waals surface area contributed by atoms with Crippen LogP contribution in [-0.2, 0) is 4.79 Å². The molecule has 0 saturated heterocycles. The third-order valence-electron chi connectivity index (χ3n) is 2.13. The smallest absolute Gasteiger partial charge is 0.355 e. The second-order valence-corrected chi connectivity index (χ2v) is 4.78. The number of unbranched alkanes of at least 4 members (excludes halogenated alkanes) is 1. The van der Waals surface area contributed by atoms with Gasteiger partial charge in [0.25, 0.3) is 0 Å². The lowest BCUT2D eigenvalue weighted by molar-refractivity contribution is -0.118. The first-order chi connectivity index (χ1) is 8.00. The molecule has 1 rings (SSSR count). The van der Waals surface area contributed by atoms with E-state index in [1.54, 1.807) is 6.92 Å². The van der Waals surface area contributed by atoms with E-state index in [-0.39, 0.29) is 11.6 Å². The first-order valence-corrected chi connectivity index (χ1v) is 6.05. The van der Waals surface area contributed by atoms with Gasteiger partial charge < -0.3 is 16.2 Å². The normalized spacial score (nSPS) is 10.2. The van der Waals surface area contributed by atoms with E-state index in [0.29, 0.717) is 23.0 Å². The number of nitrogens with one attached hydrogen (secondary N) is 1. The number of thiazole rings is 1. The van der Waals surface area contributed by atoms with Crippen LogP contribution in [0.5, 0.6) is 0 Å². The number of aromatic carboxylic acids is 1. The van der Waals surface area contributed by atoms with Gasteiger partial charge in [-0.3, -0.25) is 4.79 Å². The van der Waals surface area contributed by atoms with Gasteiger partial charge in [0, 0.05) is 17.8 Å². The van der Waals surface area contributed by atoms with E-state index in [4.69, 9.17) is 10.8 Å². The number of hydrogen-bond donors (Lipinski definition) is 3. The SMILES string of the molecule is Cc1sc(NCCCCC(N)=O)nc1C(=O)O. The Morgan fingerprint density at radius 2 is 2.18 bits per heavy atom. The number of carbonyl (C=O) groups excluding carboxylic acids is 1. The number of anilines is 1. The zero-order valence-corrected chi connectivity index (χ0v) is 10.3. The Hall–Kier alpha value is -1.63. The molecule has 0 aromatic carbocycles. The molecule has 6 nitrogen and oxygen atoms in total. The van der Waals surface area contributed by atoms with Crippen molar-refractivity contribution in [2.75, 3.05) is 11.9 Å². The molecule has 1 aromatic heterocycles. The maximum atomic E-state index is 10.8. The van der Waals surface area contributed by atoms with Crippen molar-refractivity contribution in [3.63, 3.8) is 0 Å².